The summed E-state index contributed by atoms with van der Waals surface area (Å²) in [7, 11) is 0. The van der Waals surface area contributed by atoms with Crippen LogP contribution in [0.3, 0.4) is 0 Å². The third kappa shape index (κ3) is 2.26. The second-order valence-corrected chi connectivity index (χ2v) is 3.99. The minimum Gasteiger partial charge on any atom is -0.485 e. The van der Waals surface area contributed by atoms with Gasteiger partial charge in [0.25, 0.3) is 0 Å². The number of para-hydroxylation sites is 1. The molecule has 1 aromatic rings. The topological polar surface area (TPSA) is 9.23 Å². The van der Waals surface area contributed by atoms with Gasteiger partial charge in [0, 0.05) is 6.42 Å². The van der Waals surface area contributed by atoms with Crippen LogP contribution >= 0.6 is 15.9 Å². The van der Waals surface area contributed by atoms with Gasteiger partial charge in [-0.15, -0.1) is 0 Å². The molecule has 1 nitrogen and oxygen atoms in total. The SMILES string of the molecule is Brc1ccccc1OC1C=CC=CC1. The zero-order valence-electron chi connectivity index (χ0n) is 7.69. The monoisotopic (exact) mass is 250 g/mol. The van der Waals surface area contributed by atoms with E-state index in [4.69, 9.17) is 4.74 Å². The molecule has 72 valence electrons. The Morgan fingerprint density at radius 2 is 2.07 bits per heavy atom. The normalized spacial score (nSPS) is 19.6. The van der Waals surface area contributed by atoms with Gasteiger partial charge in [-0.25, -0.2) is 0 Å². The van der Waals surface area contributed by atoms with Crippen LogP contribution in [0.2, 0.25) is 0 Å². The summed E-state index contributed by atoms with van der Waals surface area (Å²) in [5, 5.41) is 0. The van der Waals surface area contributed by atoms with Gasteiger partial charge in [0.15, 0.2) is 0 Å². The van der Waals surface area contributed by atoms with Crippen LogP contribution in [-0.4, -0.2) is 6.10 Å². The highest BCUT2D eigenvalue weighted by atomic mass is 79.9. The molecule has 0 aromatic heterocycles. The summed E-state index contributed by atoms with van der Waals surface area (Å²) < 4.78 is 6.80. The van der Waals surface area contributed by atoms with Gasteiger partial charge >= 0.3 is 0 Å². The molecule has 0 saturated heterocycles. The van der Waals surface area contributed by atoms with Crippen LogP contribution in [0, 0.1) is 0 Å². The molecule has 0 N–H and O–H groups in total. The van der Waals surface area contributed by atoms with E-state index in [2.05, 4.69) is 28.1 Å². The van der Waals surface area contributed by atoms with E-state index in [1.165, 1.54) is 0 Å². The minimum atomic E-state index is 0.165. The molecule has 1 aliphatic carbocycles. The summed E-state index contributed by atoms with van der Waals surface area (Å²) in [5.41, 5.74) is 0. The Morgan fingerprint density at radius 1 is 1.21 bits per heavy atom. The summed E-state index contributed by atoms with van der Waals surface area (Å²) in [5.74, 6) is 0.900. The molecular formula is C12H11BrO. The summed E-state index contributed by atoms with van der Waals surface area (Å²) in [6.07, 6.45) is 9.35. The van der Waals surface area contributed by atoms with Crippen molar-refractivity contribution in [2.24, 2.45) is 0 Å². The molecule has 0 fully saturated rings. The van der Waals surface area contributed by atoms with Crippen molar-refractivity contribution in [1.29, 1.82) is 0 Å². The van der Waals surface area contributed by atoms with Gasteiger partial charge in [-0.3, -0.25) is 0 Å². The molecule has 1 atom stereocenters. The molecule has 14 heavy (non-hydrogen) atoms. The van der Waals surface area contributed by atoms with Gasteiger partial charge in [0.05, 0.1) is 4.47 Å². The van der Waals surface area contributed by atoms with Crippen LogP contribution in [0.5, 0.6) is 5.75 Å². The largest absolute Gasteiger partial charge is 0.485 e. The highest BCUT2D eigenvalue weighted by molar-refractivity contribution is 9.10. The summed E-state index contributed by atoms with van der Waals surface area (Å²) in [6, 6.07) is 7.91. The number of hydrogen-bond donors (Lipinski definition) is 0. The molecule has 1 aromatic carbocycles. The first-order valence-corrected chi connectivity index (χ1v) is 5.40. The molecule has 0 bridgehead atoms. The van der Waals surface area contributed by atoms with E-state index in [0.29, 0.717) is 0 Å². The first kappa shape index (κ1) is 9.53. The smallest absolute Gasteiger partial charge is 0.134 e. The molecule has 0 saturated carbocycles. The Balaban J connectivity index is 2.07. The Morgan fingerprint density at radius 3 is 2.79 bits per heavy atom. The molecule has 2 rings (SSSR count). The molecule has 0 aliphatic heterocycles. The maximum atomic E-state index is 5.80. The standard InChI is InChI=1S/C12H11BrO/c13-11-8-4-5-9-12(11)14-10-6-2-1-3-7-10/h1-6,8-10H,7H2. The zero-order chi connectivity index (χ0) is 9.80. The number of allylic oxidation sites excluding steroid dienone is 2. The van der Waals surface area contributed by atoms with Crippen LogP contribution in [-0.2, 0) is 0 Å². The van der Waals surface area contributed by atoms with E-state index in [1.807, 2.05) is 36.4 Å². The predicted molar refractivity (Wildman–Crippen MR) is 61.5 cm³/mol. The predicted octanol–water partition coefficient (Wildman–Crippen LogP) is 3.71. The fourth-order valence-corrected chi connectivity index (χ4v) is 1.73. The maximum absolute atomic E-state index is 5.80. The lowest BCUT2D eigenvalue weighted by Gasteiger charge is -2.16. The first-order chi connectivity index (χ1) is 6.86. The van der Waals surface area contributed by atoms with Crippen molar-refractivity contribution < 1.29 is 4.74 Å². The summed E-state index contributed by atoms with van der Waals surface area (Å²) in [4.78, 5) is 0. The van der Waals surface area contributed by atoms with Gasteiger partial charge in [0.1, 0.15) is 11.9 Å². The van der Waals surface area contributed by atoms with E-state index >= 15 is 0 Å². The van der Waals surface area contributed by atoms with E-state index in [9.17, 15) is 0 Å². The number of hydrogen-bond acceptors (Lipinski definition) is 1. The number of rotatable bonds is 2. The van der Waals surface area contributed by atoms with Gasteiger partial charge < -0.3 is 4.74 Å². The molecule has 0 radical (unpaired) electrons. The van der Waals surface area contributed by atoms with Crippen molar-refractivity contribution in [2.75, 3.05) is 0 Å². The van der Waals surface area contributed by atoms with Gasteiger partial charge in [-0.2, -0.15) is 0 Å². The zero-order valence-corrected chi connectivity index (χ0v) is 9.28. The van der Waals surface area contributed by atoms with Crippen LogP contribution in [0.15, 0.2) is 53.0 Å². The Labute approximate surface area is 92.2 Å². The fraction of sp³-hybridized carbons (Fsp3) is 0.167. The van der Waals surface area contributed by atoms with Crippen molar-refractivity contribution in [3.05, 3.63) is 53.0 Å². The Kier molecular flexibility index (Phi) is 3.04. The highest BCUT2D eigenvalue weighted by Crippen LogP contribution is 2.26. The summed E-state index contributed by atoms with van der Waals surface area (Å²) >= 11 is 3.46. The third-order valence-corrected chi connectivity index (χ3v) is 2.71. The van der Waals surface area contributed by atoms with Gasteiger partial charge in [-0.1, -0.05) is 30.4 Å². The molecular weight excluding hydrogens is 240 g/mol. The second-order valence-electron chi connectivity index (χ2n) is 3.14. The van der Waals surface area contributed by atoms with Crippen molar-refractivity contribution in [1.82, 2.24) is 0 Å². The van der Waals surface area contributed by atoms with Crippen molar-refractivity contribution in [2.45, 2.75) is 12.5 Å². The lowest BCUT2D eigenvalue weighted by Crippen LogP contribution is -2.13. The number of halogens is 1. The van der Waals surface area contributed by atoms with Crippen molar-refractivity contribution >= 4 is 15.9 Å². The number of benzene rings is 1. The molecule has 1 unspecified atom stereocenters. The maximum Gasteiger partial charge on any atom is 0.134 e. The number of ether oxygens (including phenoxy) is 1. The fourth-order valence-electron chi connectivity index (χ4n) is 1.35. The molecule has 0 heterocycles. The van der Waals surface area contributed by atoms with E-state index in [0.717, 1.165) is 16.6 Å². The second kappa shape index (κ2) is 4.47. The first-order valence-electron chi connectivity index (χ1n) is 4.61. The van der Waals surface area contributed by atoms with Crippen LogP contribution in [0.4, 0.5) is 0 Å². The average molecular weight is 251 g/mol. The average Bonchev–Trinajstić information content (AvgIpc) is 2.23. The van der Waals surface area contributed by atoms with Crippen molar-refractivity contribution in [3.8, 4) is 5.75 Å². The molecule has 1 aliphatic rings. The van der Waals surface area contributed by atoms with Crippen molar-refractivity contribution in [3.63, 3.8) is 0 Å². The van der Waals surface area contributed by atoms with E-state index in [1.54, 1.807) is 0 Å². The summed E-state index contributed by atoms with van der Waals surface area (Å²) in [6.45, 7) is 0. The van der Waals surface area contributed by atoms with Crippen LogP contribution < -0.4 is 4.74 Å². The lowest BCUT2D eigenvalue weighted by atomic mass is 10.1. The highest BCUT2D eigenvalue weighted by Gasteiger charge is 2.08. The van der Waals surface area contributed by atoms with Gasteiger partial charge in [-0.05, 0) is 34.1 Å². The Hall–Kier alpha value is -1.02. The van der Waals surface area contributed by atoms with Crippen LogP contribution in [0.1, 0.15) is 6.42 Å². The third-order valence-electron chi connectivity index (χ3n) is 2.06. The van der Waals surface area contributed by atoms with Gasteiger partial charge in [0.2, 0.25) is 0 Å². The molecule has 2 heteroatoms. The molecule has 0 amide bonds. The minimum absolute atomic E-state index is 0.165. The lowest BCUT2D eigenvalue weighted by molar-refractivity contribution is 0.250. The molecule has 0 spiro atoms. The Bertz CT molecular complexity index is 368. The van der Waals surface area contributed by atoms with E-state index in [-0.39, 0.29) is 6.10 Å². The van der Waals surface area contributed by atoms with E-state index < -0.39 is 0 Å². The quantitative estimate of drug-likeness (QED) is 0.778. The van der Waals surface area contributed by atoms with Crippen LogP contribution in [0.25, 0.3) is 0 Å².